The molecular weight excluding hydrogens is 112 g/mol. The fourth-order valence-electron chi connectivity index (χ4n) is 1.20. The van der Waals surface area contributed by atoms with Crippen LogP contribution in [0.3, 0.4) is 0 Å². The Morgan fingerprint density at radius 2 is 2.44 bits per heavy atom. The molecule has 0 spiro atoms. The van der Waals surface area contributed by atoms with E-state index in [1.807, 2.05) is 0 Å². The molecule has 1 aliphatic rings. The van der Waals surface area contributed by atoms with Crippen LogP contribution in [-0.2, 0) is 4.79 Å². The Morgan fingerprint density at radius 1 is 1.67 bits per heavy atom. The fourth-order valence-corrected chi connectivity index (χ4v) is 1.20. The average molecular weight is 128 g/mol. The molecular formula is C8H14O. The van der Waals surface area contributed by atoms with E-state index in [4.69, 9.17) is 2.74 Å². The third-order valence-corrected chi connectivity index (χ3v) is 1.99. The lowest BCUT2D eigenvalue weighted by atomic mass is 9.76. The Balaban J connectivity index is 2.73. The highest BCUT2D eigenvalue weighted by Crippen LogP contribution is 2.31. The zero-order valence-corrected chi connectivity index (χ0v) is 5.81. The maximum Gasteiger partial charge on any atom is 0.138 e. The summed E-state index contributed by atoms with van der Waals surface area (Å²) in [5, 5.41) is 0. The van der Waals surface area contributed by atoms with Crippen molar-refractivity contribution in [3.63, 3.8) is 0 Å². The van der Waals surface area contributed by atoms with Gasteiger partial charge in [-0.05, 0) is 12.8 Å². The summed E-state index contributed by atoms with van der Waals surface area (Å²) in [6, 6.07) is 0. The third-order valence-electron chi connectivity index (χ3n) is 1.99. The van der Waals surface area contributed by atoms with Crippen LogP contribution in [0.2, 0.25) is 0 Å². The van der Waals surface area contributed by atoms with Crippen LogP contribution < -0.4 is 0 Å². The molecule has 1 nitrogen and oxygen atoms in total. The van der Waals surface area contributed by atoms with Gasteiger partial charge in [-0.25, -0.2) is 0 Å². The SMILES string of the molecule is [2H]C([2H])C1(C)CCCCC1=O. The molecule has 0 aromatic carbocycles. The topological polar surface area (TPSA) is 17.1 Å². The summed E-state index contributed by atoms with van der Waals surface area (Å²) in [6.45, 7) is 0.759. The zero-order chi connectivity index (χ0) is 8.48. The van der Waals surface area contributed by atoms with Crippen LogP contribution in [0.15, 0.2) is 0 Å². The van der Waals surface area contributed by atoms with Crippen molar-refractivity contribution in [2.75, 3.05) is 0 Å². The smallest absolute Gasteiger partial charge is 0.138 e. The lowest BCUT2D eigenvalue weighted by Gasteiger charge is -2.27. The molecule has 0 N–H and O–H groups in total. The van der Waals surface area contributed by atoms with Crippen LogP contribution in [0.1, 0.15) is 42.2 Å². The number of ketones is 1. The number of hydrogen-bond acceptors (Lipinski definition) is 1. The number of carbonyl (C=O) groups is 1. The first kappa shape index (κ1) is 4.48. The summed E-state index contributed by atoms with van der Waals surface area (Å²) in [6.07, 6.45) is 3.24. The van der Waals surface area contributed by atoms with Crippen LogP contribution in [0, 0.1) is 5.41 Å². The quantitative estimate of drug-likeness (QED) is 0.488. The maximum atomic E-state index is 11.3. The Bertz CT molecular complexity index is 167. The first-order valence-electron chi connectivity index (χ1n) is 4.60. The standard InChI is InChI=1S/C8H14O/c1-8(2)6-4-3-5-7(8)9/h3-6H2,1-2H3/i1D2. The second-order valence-electron chi connectivity index (χ2n) is 3.05. The van der Waals surface area contributed by atoms with Gasteiger partial charge in [0.25, 0.3) is 0 Å². The minimum atomic E-state index is -0.990. The molecule has 0 aromatic rings. The third kappa shape index (κ3) is 1.32. The lowest BCUT2D eigenvalue weighted by Crippen LogP contribution is -2.27. The van der Waals surface area contributed by atoms with Crippen LogP contribution in [0.4, 0.5) is 0 Å². The summed E-state index contributed by atoms with van der Waals surface area (Å²) in [5.74, 6) is 0.110. The van der Waals surface area contributed by atoms with Gasteiger partial charge in [0.05, 0.1) is 0 Å². The van der Waals surface area contributed by atoms with Gasteiger partial charge < -0.3 is 0 Å². The van der Waals surface area contributed by atoms with E-state index in [1.54, 1.807) is 6.92 Å². The zero-order valence-electron chi connectivity index (χ0n) is 7.81. The molecule has 0 bridgehead atoms. The molecule has 0 saturated heterocycles. The molecule has 0 amide bonds. The summed E-state index contributed by atoms with van der Waals surface area (Å²) < 4.78 is 14.5. The lowest BCUT2D eigenvalue weighted by molar-refractivity contribution is -0.129. The van der Waals surface area contributed by atoms with Crippen LogP contribution in [0.25, 0.3) is 0 Å². The van der Waals surface area contributed by atoms with Crippen molar-refractivity contribution in [1.82, 2.24) is 0 Å². The minimum Gasteiger partial charge on any atom is -0.299 e. The minimum absolute atomic E-state index is 0.110. The van der Waals surface area contributed by atoms with Crippen molar-refractivity contribution in [1.29, 1.82) is 0 Å². The molecule has 0 heterocycles. The fraction of sp³-hybridized carbons (Fsp3) is 0.875. The predicted octanol–water partition coefficient (Wildman–Crippen LogP) is 2.16. The molecule has 0 aliphatic heterocycles. The van der Waals surface area contributed by atoms with Crippen molar-refractivity contribution >= 4 is 5.78 Å². The van der Waals surface area contributed by atoms with E-state index >= 15 is 0 Å². The molecule has 1 rings (SSSR count). The molecule has 52 valence electrons. The van der Waals surface area contributed by atoms with Gasteiger partial charge in [-0.3, -0.25) is 4.79 Å². The van der Waals surface area contributed by atoms with Crippen LogP contribution in [0.5, 0.6) is 0 Å². The highest BCUT2D eigenvalue weighted by atomic mass is 16.1. The monoisotopic (exact) mass is 128 g/mol. The van der Waals surface area contributed by atoms with Crippen molar-refractivity contribution in [2.24, 2.45) is 5.41 Å². The average Bonchev–Trinajstić information content (AvgIpc) is 1.95. The van der Waals surface area contributed by atoms with Gasteiger partial charge in [-0.1, -0.05) is 20.2 Å². The van der Waals surface area contributed by atoms with Crippen LogP contribution >= 0.6 is 0 Å². The van der Waals surface area contributed by atoms with Gasteiger partial charge in [0.1, 0.15) is 5.78 Å². The number of hydrogen-bond donors (Lipinski definition) is 0. The van der Waals surface area contributed by atoms with Crippen molar-refractivity contribution in [2.45, 2.75) is 39.5 Å². The summed E-state index contributed by atoms with van der Waals surface area (Å²) in [4.78, 5) is 11.3. The van der Waals surface area contributed by atoms with E-state index < -0.39 is 12.3 Å². The Kier molecular flexibility index (Phi) is 1.06. The Morgan fingerprint density at radius 3 is 2.89 bits per heavy atom. The summed E-state index contributed by atoms with van der Waals surface area (Å²) >= 11 is 0. The van der Waals surface area contributed by atoms with E-state index in [0.717, 1.165) is 19.3 Å². The van der Waals surface area contributed by atoms with Gasteiger partial charge in [-0.2, -0.15) is 0 Å². The molecule has 1 atom stereocenters. The number of carbonyl (C=O) groups excluding carboxylic acids is 1. The molecule has 0 aromatic heterocycles. The van der Waals surface area contributed by atoms with E-state index in [0.29, 0.717) is 6.42 Å². The predicted molar refractivity (Wildman–Crippen MR) is 37.3 cm³/mol. The molecule has 1 saturated carbocycles. The summed E-state index contributed by atoms with van der Waals surface area (Å²) in [5.41, 5.74) is -0.668. The number of Topliss-reactive ketones (excluding diaryl/α,β-unsaturated/α-hetero) is 1. The molecule has 1 fully saturated rings. The highest BCUT2D eigenvalue weighted by Gasteiger charge is 2.29. The normalized spacial score (nSPS) is 40.4. The van der Waals surface area contributed by atoms with Crippen molar-refractivity contribution in [3.05, 3.63) is 0 Å². The van der Waals surface area contributed by atoms with Crippen molar-refractivity contribution < 1.29 is 7.54 Å². The largest absolute Gasteiger partial charge is 0.299 e. The van der Waals surface area contributed by atoms with Gasteiger partial charge >= 0.3 is 0 Å². The summed E-state index contributed by atoms with van der Waals surface area (Å²) in [7, 11) is 0. The number of rotatable bonds is 0. The Labute approximate surface area is 59.3 Å². The van der Waals surface area contributed by atoms with Crippen LogP contribution in [-0.4, -0.2) is 5.78 Å². The maximum absolute atomic E-state index is 11.3. The van der Waals surface area contributed by atoms with E-state index in [1.165, 1.54) is 0 Å². The molecule has 1 unspecified atom stereocenters. The second-order valence-corrected chi connectivity index (χ2v) is 3.05. The molecule has 1 aliphatic carbocycles. The van der Waals surface area contributed by atoms with E-state index in [9.17, 15) is 4.79 Å². The molecule has 9 heavy (non-hydrogen) atoms. The van der Waals surface area contributed by atoms with E-state index in [-0.39, 0.29) is 5.78 Å². The van der Waals surface area contributed by atoms with Gasteiger partial charge in [0.2, 0.25) is 0 Å². The molecule has 1 heteroatoms. The Hall–Kier alpha value is -0.330. The first-order valence-corrected chi connectivity index (χ1v) is 3.45. The van der Waals surface area contributed by atoms with E-state index in [2.05, 4.69) is 0 Å². The second kappa shape index (κ2) is 2.13. The van der Waals surface area contributed by atoms with Gasteiger partial charge in [0, 0.05) is 14.6 Å². The highest BCUT2D eigenvalue weighted by molar-refractivity contribution is 5.84. The first-order chi connectivity index (χ1) is 5.07. The molecule has 0 radical (unpaired) electrons. The van der Waals surface area contributed by atoms with Gasteiger partial charge in [0.15, 0.2) is 0 Å². The van der Waals surface area contributed by atoms with Gasteiger partial charge in [-0.15, -0.1) is 0 Å². The van der Waals surface area contributed by atoms with Crippen molar-refractivity contribution in [3.8, 4) is 0 Å².